The van der Waals surface area contributed by atoms with Crippen LogP contribution in [0.4, 0.5) is 0 Å². The van der Waals surface area contributed by atoms with Crippen LogP contribution >= 0.6 is 0 Å². The molecule has 0 aromatic carbocycles. The largest absolute Gasteiger partial charge is 0.0846 e. The summed E-state index contributed by atoms with van der Waals surface area (Å²) < 4.78 is 0. The molecule has 0 nitrogen and oxygen atoms in total. The first-order valence-corrected chi connectivity index (χ1v) is 7.06. The molecular weight excluding hydrogens is 192 g/mol. The van der Waals surface area contributed by atoms with E-state index in [0.29, 0.717) is 0 Å². The molecule has 0 aromatic heterocycles. The van der Waals surface area contributed by atoms with Crippen molar-refractivity contribution in [2.24, 2.45) is 0 Å². The molecule has 0 unspecified atom stereocenters. The summed E-state index contributed by atoms with van der Waals surface area (Å²) in [5.74, 6) is 0. The molecular formula is C16H36. The van der Waals surface area contributed by atoms with Gasteiger partial charge in [0.05, 0.1) is 0 Å². The van der Waals surface area contributed by atoms with Crippen molar-refractivity contribution in [3.63, 3.8) is 0 Å². The highest BCUT2D eigenvalue weighted by Crippen LogP contribution is 1.97. The Morgan fingerprint density at radius 2 is 1.19 bits per heavy atom. The standard InChI is InChI=1S/C9H16.C3H8.2C2H6/c1-4-6-8-9(3)7-5-2;1-3-2;2*1-2/h6-8H,4-5H2,1-3H3;3H2,1-2H3;2*1-2H3/b8-6-,9-7-;;;. The van der Waals surface area contributed by atoms with Gasteiger partial charge in [-0.15, -0.1) is 0 Å². The van der Waals surface area contributed by atoms with Crippen LogP contribution in [0.1, 0.15) is 81.6 Å². The summed E-state index contributed by atoms with van der Waals surface area (Å²) in [6.45, 7) is 18.7. The van der Waals surface area contributed by atoms with Gasteiger partial charge in [0.15, 0.2) is 0 Å². The van der Waals surface area contributed by atoms with Crippen LogP contribution in [0.3, 0.4) is 0 Å². The fourth-order valence-electron chi connectivity index (χ4n) is 0.694. The smallest absolute Gasteiger partial charge is 0.0374 e. The molecule has 0 heterocycles. The van der Waals surface area contributed by atoms with Crippen molar-refractivity contribution in [3.8, 4) is 0 Å². The quantitative estimate of drug-likeness (QED) is 0.467. The van der Waals surface area contributed by atoms with Crippen LogP contribution in [0, 0.1) is 0 Å². The van der Waals surface area contributed by atoms with Crippen LogP contribution in [0.25, 0.3) is 0 Å². The molecule has 0 aliphatic heterocycles. The van der Waals surface area contributed by atoms with Gasteiger partial charge in [-0.05, 0) is 19.8 Å². The van der Waals surface area contributed by atoms with E-state index in [1.807, 2.05) is 27.7 Å². The van der Waals surface area contributed by atoms with Gasteiger partial charge in [0.1, 0.15) is 0 Å². The average Bonchev–Trinajstić information content (AvgIpc) is 2.33. The zero-order valence-electron chi connectivity index (χ0n) is 13.4. The van der Waals surface area contributed by atoms with Crippen LogP contribution in [0.15, 0.2) is 23.8 Å². The van der Waals surface area contributed by atoms with Gasteiger partial charge in [0, 0.05) is 0 Å². The third-order valence-corrected chi connectivity index (χ3v) is 1.14. The molecule has 100 valence electrons. The summed E-state index contributed by atoms with van der Waals surface area (Å²) in [5, 5.41) is 0. The summed E-state index contributed by atoms with van der Waals surface area (Å²) in [4.78, 5) is 0. The number of rotatable bonds is 3. The van der Waals surface area contributed by atoms with Gasteiger partial charge in [-0.3, -0.25) is 0 Å². The SMILES string of the molecule is CC.CC.CC/C=C\C(C)=C/CC.CCC. The first kappa shape index (κ1) is 24.6. The number of hydrogen-bond donors (Lipinski definition) is 0. The lowest BCUT2D eigenvalue weighted by molar-refractivity contribution is 1.09. The molecule has 0 radical (unpaired) electrons. The molecule has 0 amide bonds. The monoisotopic (exact) mass is 228 g/mol. The van der Waals surface area contributed by atoms with E-state index in [2.05, 4.69) is 52.8 Å². The maximum Gasteiger partial charge on any atom is -0.0374 e. The van der Waals surface area contributed by atoms with Crippen LogP contribution in [0.2, 0.25) is 0 Å². The van der Waals surface area contributed by atoms with Crippen molar-refractivity contribution in [1.82, 2.24) is 0 Å². The first-order valence-electron chi connectivity index (χ1n) is 7.06. The summed E-state index contributed by atoms with van der Waals surface area (Å²) in [6, 6.07) is 0. The highest BCUT2D eigenvalue weighted by molar-refractivity contribution is 5.14. The minimum absolute atomic E-state index is 1.13. The Bertz CT molecular complexity index is 118. The maximum atomic E-state index is 2.23. The van der Waals surface area contributed by atoms with E-state index in [9.17, 15) is 0 Å². The molecule has 0 saturated carbocycles. The van der Waals surface area contributed by atoms with E-state index < -0.39 is 0 Å². The van der Waals surface area contributed by atoms with E-state index in [1.54, 1.807) is 0 Å². The summed E-state index contributed by atoms with van der Waals surface area (Å²) in [5.41, 5.74) is 1.37. The van der Waals surface area contributed by atoms with Crippen molar-refractivity contribution < 1.29 is 0 Å². The molecule has 0 heteroatoms. The lowest BCUT2D eigenvalue weighted by atomic mass is 10.2. The molecule has 0 bridgehead atoms. The van der Waals surface area contributed by atoms with Gasteiger partial charge in [-0.25, -0.2) is 0 Å². The summed E-state index contributed by atoms with van der Waals surface area (Å²) >= 11 is 0. The molecule has 0 atom stereocenters. The molecule has 16 heavy (non-hydrogen) atoms. The second-order valence-corrected chi connectivity index (χ2v) is 2.87. The summed E-state index contributed by atoms with van der Waals surface area (Å²) in [7, 11) is 0. The Kier molecular flexibility index (Phi) is 56.3. The van der Waals surface area contributed by atoms with E-state index >= 15 is 0 Å². The lowest BCUT2D eigenvalue weighted by Crippen LogP contribution is -1.66. The predicted molar refractivity (Wildman–Crippen MR) is 82.1 cm³/mol. The lowest BCUT2D eigenvalue weighted by Gasteiger charge is -1.87. The fourth-order valence-corrected chi connectivity index (χ4v) is 0.694. The first-order chi connectivity index (χ1) is 7.72. The Labute approximate surface area is 106 Å². The molecule has 0 aromatic rings. The molecule has 0 saturated heterocycles. The van der Waals surface area contributed by atoms with Crippen molar-refractivity contribution >= 4 is 0 Å². The minimum atomic E-state index is 1.13. The predicted octanol–water partition coefficient (Wildman–Crippen LogP) is 6.78. The molecule has 0 N–H and O–H groups in total. The molecule has 0 fully saturated rings. The highest BCUT2D eigenvalue weighted by Gasteiger charge is 1.75. The second kappa shape index (κ2) is 36.6. The van der Waals surface area contributed by atoms with E-state index in [1.165, 1.54) is 12.0 Å². The second-order valence-electron chi connectivity index (χ2n) is 2.87. The minimum Gasteiger partial charge on any atom is -0.0846 e. The van der Waals surface area contributed by atoms with Gasteiger partial charge in [-0.2, -0.15) is 0 Å². The van der Waals surface area contributed by atoms with Crippen LogP contribution in [-0.4, -0.2) is 0 Å². The highest BCUT2D eigenvalue weighted by atomic mass is 13.8. The zero-order valence-corrected chi connectivity index (χ0v) is 13.4. The van der Waals surface area contributed by atoms with Crippen LogP contribution in [0.5, 0.6) is 0 Å². The average molecular weight is 228 g/mol. The maximum absolute atomic E-state index is 2.23. The van der Waals surface area contributed by atoms with Gasteiger partial charge in [-0.1, -0.05) is 85.6 Å². The molecule has 0 aliphatic rings. The number of hydrogen-bond acceptors (Lipinski definition) is 0. The third kappa shape index (κ3) is 50.0. The normalized spacial score (nSPS) is 9.19. The Morgan fingerprint density at radius 1 is 0.812 bits per heavy atom. The zero-order chi connectivity index (χ0) is 13.8. The third-order valence-electron chi connectivity index (χ3n) is 1.14. The van der Waals surface area contributed by atoms with Gasteiger partial charge in [0.25, 0.3) is 0 Å². The van der Waals surface area contributed by atoms with E-state index in [4.69, 9.17) is 0 Å². The van der Waals surface area contributed by atoms with Crippen LogP contribution < -0.4 is 0 Å². The van der Waals surface area contributed by atoms with Gasteiger partial charge < -0.3 is 0 Å². The van der Waals surface area contributed by atoms with Crippen molar-refractivity contribution in [2.75, 3.05) is 0 Å². The number of allylic oxidation sites excluding steroid dienone is 4. The van der Waals surface area contributed by atoms with Crippen molar-refractivity contribution in [1.29, 1.82) is 0 Å². The van der Waals surface area contributed by atoms with E-state index in [-0.39, 0.29) is 0 Å². The van der Waals surface area contributed by atoms with E-state index in [0.717, 1.165) is 12.8 Å². The van der Waals surface area contributed by atoms with Crippen molar-refractivity contribution in [3.05, 3.63) is 23.8 Å². The molecule has 0 aliphatic carbocycles. The van der Waals surface area contributed by atoms with Crippen LogP contribution in [-0.2, 0) is 0 Å². The topological polar surface area (TPSA) is 0 Å². The molecule has 0 rings (SSSR count). The van der Waals surface area contributed by atoms with Gasteiger partial charge in [0.2, 0.25) is 0 Å². The van der Waals surface area contributed by atoms with Gasteiger partial charge >= 0.3 is 0 Å². The Morgan fingerprint density at radius 3 is 1.44 bits per heavy atom. The Balaban J connectivity index is -0.0000000864. The molecule has 0 spiro atoms. The fraction of sp³-hybridized carbons (Fsp3) is 0.750. The Hall–Kier alpha value is -0.520. The summed E-state index contributed by atoms with van der Waals surface area (Å²) in [6.07, 6.45) is 10.1. The van der Waals surface area contributed by atoms with Crippen molar-refractivity contribution in [2.45, 2.75) is 81.6 Å².